The number of nitrogens with zero attached hydrogens (tertiary/aromatic N) is 1. The zero-order chi connectivity index (χ0) is 10.7. The van der Waals surface area contributed by atoms with Gasteiger partial charge in [-0.15, -0.1) is 11.3 Å². The molecule has 0 aliphatic heterocycles. The Labute approximate surface area is 91.7 Å². The zero-order valence-electron chi connectivity index (χ0n) is 8.08. The van der Waals surface area contributed by atoms with Gasteiger partial charge in [0.2, 0.25) is 0 Å². The molecule has 0 atom stereocenters. The Kier molecular flexibility index (Phi) is 3.89. The predicted molar refractivity (Wildman–Crippen MR) is 57.2 cm³/mol. The van der Waals surface area contributed by atoms with Gasteiger partial charge in [0.15, 0.2) is 0 Å². The first-order valence-corrected chi connectivity index (χ1v) is 5.57. The minimum absolute atomic E-state index is 0.0843. The predicted octanol–water partition coefficient (Wildman–Crippen LogP) is 2.94. The highest BCUT2D eigenvalue weighted by molar-refractivity contribution is 7.16. The summed E-state index contributed by atoms with van der Waals surface area (Å²) in [6, 6.07) is 0. The summed E-state index contributed by atoms with van der Waals surface area (Å²) in [7, 11) is 0. The van der Waals surface area contributed by atoms with Gasteiger partial charge in [0, 0.05) is 12.3 Å². The molecular formula is C9H12ClNO2S. The lowest BCUT2D eigenvalue weighted by molar-refractivity contribution is -0.136. The third-order valence-electron chi connectivity index (χ3n) is 1.74. The average Bonchev–Trinajstić information content (AvgIpc) is 2.43. The van der Waals surface area contributed by atoms with E-state index in [1.807, 2.05) is 13.8 Å². The molecule has 1 N–H and O–H groups in total. The number of carboxylic acids is 1. The summed E-state index contributed by atoms with van der Waals surface area (Å²) in [6.07, 6.45) is 0.498. The van der Waals surface area contributed by atoms with Crippen molar-refractivity contribution >= 4 is 28.9 Å². The number of hydrogen-bond acceptors (Lipinski definition) is 3. The Morgan fingerprint density at radius 1 is 1.64 bits per heavy atom. The van der Waals surface area contributed by atoms with Crippen LogP contribution < -0.4 is 0 Å². The lowest BCUT2D eigenvalue weighted by Gasteiger charge is -1.96. The van der Waals surface area contributed by atoms with Gasteiger partial charge in [-0.25, -0.2) is 4.98 Å². The van der Waals surface area contributed by atoms with Gasteiger partial charge < -0.3 is 5.11 Å². The first kappa shape index (κ1) is 11.5. The number of aliphatic carboxylic acids is 1. The first-order chi connectivity index (χ1) is 6.50. The maximum Gasteiger partial charge on any atom is 0.303 e. The quantitative estimate of drug-likeness (QED) is 0.870. The lowest BCUT2D eigenvalue weighted by Crippen LogP contribution is -1.98. The van der Waals surface area contributed by atoms with E-state index in [2.05, 4.69) is 4.98 Å². The topological polar surface area (TPSA) is 50.2 Å². The van der Waals surface area contributed by atoms with Crippen LogP contribution in [0.3, 0.4) is 0 Å². The molecule has 3 nitrogen and oxygen atoms in total. The molecule has 0 unspecified atom stereocenters. The normalized spacial score (nSPS) is 10.9. The van der Waals surface area contributed by atoms with Crippen molar-refractivity contribution in [2.75, 3.05) is 0 Å². The van der Waals surface area contributed by atoms with E-state index >= 15 is 0 Å². The largest absolute Gasteiger partial charge is 0.481 e. The number of rotatable bonds is 4. The van der Waals surface area contributed by atoms with Gasteiger partial charge in [0.1, 0.15) is 4.34 Å². The number of hydrogen-bond donors (Lipinski definition) is 1. The van der Waals surface area contributed by atoms with E-state index in [0.717, 1.165) is 5.01 Å². The average molecular weight is 234 g/mol. The van der Waals surface area contributed by atoms with Crippen molar-refractivity contribution in [1.29, 1.82) is 0 Å². The Hall–Kier alpha value is -0.610. The van der Waals surface area contributed by atoms with Crippen LogP contribution in [0, 0.1) is 0 Å². The van der Waals surface area contributed by atoms with E-state index in [4.69, 9.17) is 16.7 Å². The Balaban J connectivity index is 2.72. The number of halogens is 1. The molecule has 0 spiro atoms. The van der Waals surface area contributed by atoms with Gasteiger partial charge in [-0.1, -0.05) is 25.4 Å². The minimum Gasteiger partial charge on any atom is -0.481 e. The van der Waals surface area contributed by atoms with E-state index in [1.165, 1.54) is 11.3 Å². The van der Waals surface area contributed by atoms with Crippen LogP contribution in [0.5, 0.6) is 0 Å². The molecule has 78 valence electrons. The van der Waals surface area contributed by atoms with Crippen molar-refractivity contribution in [3.8, 4) is 0 Å². The number of thiazole rings is 1. The SMILES string of the molecule is CC(C)c1nc(CCC(=O)O)c(Cl)s1. The highest BCUT2D eigenvalue weighted by Gasteiger charge is 2.12. The molecule has 1 aromatic heterocycles. The number of carboxylic acid groups (broad SMARTS) is 1. The van der Waals surface area contributed by atoms with E-state index in [0.29, 0.717) is 22.4 Å². The first-order valence-electron chi connectivity index (χ1n) is 4.37. The molecule has 0 fully saturated rings. The Bertz CT molecular complexity index is 336. The van der Waals surface area contributed by atoms with Crippen molar-refractivity contribution in [2.45, 2.75) is 32.6 Å². The van der Waals surface area contributed by atoms with Crippen LogP contribution in [0.2, 0.25) is 4.34 Å². The van der Waals surface area contributed by atoms with Crippen LogP contribution in [0.25, 0.3) is 0 Å². The van der Waals surface area contributed by atoms with Gasteiger partial charge in [0.05, 0.1) is 17.1 Å². The smallest absolute Gasteiger partial charge is 0.303 e. The number of carbonyl (C=O) groups is 1. The molecule has 0 aromatic carbocycles. The Morgan fingerprint density at radius 3 is 2.71 bits per heavy atom. The molecular weight excluding hydrogens is 222 g/mol. The molecule has 0 aliphatic carbocycles. The van der Waals surface area contributed by atoms with Crippen molar-refractivity contribution in [3.63, 3.8) is 0 Å². The van der Waals surface area contributed by atoms with Crippen LogP contribution in [0.1, 0.15) is 36.9 Å². The van der Waals surface area contributed by atoms with Gasteiger partial charge in [-0.3, -0.25) is 4.79 Å². The molecule has 0 aliphatic rings. The van der Waals surface area contributed by atoms with Crippen LogP contribution in [0.15, 0.2) is 0 Å². The minimum atomic E-state index is -0.819. The van der Waals surface area contributed by atoms with Crippen molar-refractivity contribution in [3.05, 3.63) is 15.0 Å². The summed E-state index contributed by atoms with van der Waals surface area (Å²) in [5, 5.41) is 9.48. The van der Waals surface area contributed by atoms with E-state index in [-0.39, 0.29) is 6.42 Å². The number of aryl methyl sites for hydroxylation is 1. The van der Waals surface area contributed by atoms with E-state index in [9.17, 15) is 4.79 Å². The molecule has 0 radical (unpaired) electrons. The van der Waals surface area contributed by atoms with Crippen LogP contribution in [-0.4, -0.2) is 16.1 Å². The standard InChI is InChI=1S/C9H12ClNO2S/c1-5(2)9-11-6(8(10)14-9)3-4-7(12)13/h5H,3-4H2,1-2H3,(H,12,13). The maximum atomic E-state index is 10.4. The van der Waals surface area contributed by atoms with Gasteiger partial charge >= 0.3 is 5.97 Å². The summed E-state index contributed by atoms with van der Waals surface area (Å²) in [6.45, 7) is 4.08. The summed E-state index contributed by atoms with van der Waals surface area (Å²) in [5.41, 5.74) is 0.711. The van der Waals surface area contributed by atoms with E-state index in [1.54, 1.807) is 0 Å². The monoisotopic (exact) mass is 233 g/mol. The second kappa shape index (κ2) is 4.75. The Morgan fingerprint density at radius 2 is 2.29 bits per heavy atom. The number of aromatic nitrogens is 1. The van der Waals surface area contributed by atoms with E-state index < -0.39 is 5.97 Å². The van der Waals surface area contributed by atoms with Gasteiger partial charge in [0.25, 0.3) is 0 Å². The zero-order valence-corrected chi connectivity index (χ0v) is 9.65. The molecule has 1 heterocycles. The van der Waals surface area contributed by atoms with Gasteiger partial charge in [-0.2, -0.15) is 0 Å². The molecule has 1 rings (SSSR count). The van der Waals surface area contributed by atoms with Crippen molar-refractivity contribution < 1.29 is 9.90 Å². The fourth-order valence-corrected chi connectivity index (χ4v) is 2.19. The molecule has 0 amide bonds. The third kappa shape index (κ3) is 2.96. The lowest BCUT2D eigenvalue weighted by atomic mass is 10.2. The fraction of sp³-hybridized carbons (Fsp3) is 0.556. The van der Waals surface area contributed by atoms with Crippen LogP contribution in [-0.2, 0) is 11.2 Å². The maximum absolute atomic E-state index is 10.4. The molecule has 1 aromatic rings. The second-order valence-corrected chi connectivity index (χ2v) is 4.95. The summed E-state index contributed by atoms with van der Waals surface area (Å²) < 4.78 is 0.620. The van der Waals surface area contributed by atoms with Crippen molar-refractivity contribution in [2.24, 2.45) is 0 Å². The van der Waals surface area contributed by atoms with Gasteiger partial charge in [-0.05, 0) is 0 Å². The molecule has 14 heavy (non-hydrogen) atoms. The third-order valence-corrected chi connectivity index (χ3v) is 3.37. The van der Waals surface area contributed by atoms with Crippen molar-refractivity contribution in [1.82, 2.24) is 4.98 Å². The second-order valence-electron chi connectivity index (χ2n) is 3.32. The molecule has 0 bridgehead atoms. The highest BCUT2D eigenvalue weighted by Crippen LogP contribution is 2.29. The molecule has 0 saturated carbocycles. The van der Waals surface area contributed by atoms with Crippen LogP contribution in [0.4, 0.5) is 0 Å². The summed E-state index contributed by atoms with van der Waals surface area (Å²) in [4.78, 5) is 14.7. The molecule has 5 heteroatoms. The highest BCUT2D eigenvalue weighted by atomic mass is 35.5. The van der Waals surface area contributed by atoms with Crippen LogP contribution >= 0.6 is 22.9 Å². The summed E-state index contributed by atoms with van der Waals surface area (Å²) >= 11 is 7.37. The molecule has 0 saturated heterocycles. The fourth-order valence-electron chi connectivity index (χ4n) is 0.977. The summed E-state index contributed by atoms with van der Waals surface area (Å²) in [5.74, 6) is -0.476.